The van der Waals surface area contributed by atoms with Crippen LogP contribution in [-0.2, 0) is 17.9 Å². The second kappa shape index (κ2) is 7.11. The van der Waals surface area contributed by atoms with Gasteiger partial charge in [0, 0.05) is 30.6 Å². The van der Waals surface area contributed by atoms with Crippen molar-refractivity contribution in [3.05, 3.63) is 34.9 Å². The predicted molar refractivity (Wildman–Crippen MR) is 86.6 cm³/mol. The molecule has 0 bridgehead atoms. The zero-order valence-electron chi connectivity index (χ0n) is 12.4. The first kappa shape index (κ1) is 16.8. The fourth-order valence-corrected chi connectivity index (χ4v) is 3.23. The Bertz CT molecular complexity index is 569. The Morgan fingerprint density at radius 3 is 2.45 bits per heavy atom. The third-order valence-corrected chi connectivity index (χ3v) is 4.56. The normalized spacial score (nSPS) is 23.3. The van der Waals surface area contributed by atoms with E-state index in [0.717, 1.165) is 44.3 Å². The van der Waals surface area contributed by atoms with Gasteiger partial charge in [-0.25, -0.2) is 0 Å². The molecule has 0 saturated heterocycles. The minimum atomic E-state index is -0.217. The molecule has 2 amide bonds. The highest BCUT2D eigenvalue weighted by Gasteiger charge is 2.26. The molecule has 0 radical (unpaired) electrons. The lowest BCUT2D eigenvalue weighted by Gasteiger charge is -2.27. The molecule has 0 unspecified atom stereocenters. The fourth-order valence-electron chi connectivity index (χ4n) is 3.23. The number of fused-ring (bicyclic) bond motifs is 1. The lowest BCUT2D eigenvalue weighted by Crippen LogP contribution is -2.39. The standard InChI is InChI=1S/C16H21N3O2.ClH/c17-15(20)10-3-5-14(6-4-10)19-16(21)11-1-2-12-8-18-9-13(12)7-11;/h1-2,7,10,14,18H,3-6,8-9H2,(H2,17,20)(H,19,21);1H. The summed E-state index contributed by atoms with van der Waals surface area (Å²) in [5, 5.41) is 6.35. The highest BCUT2D eigenvalue weighted by atomic mass is 35.5. The van der Waals surface area contributed by atoms with Crippen LogP contribution in [0.5, 0.6) is 0 Å². The number of carbonyl (C=O) groups is 2. The van der Waals surface area contributed by atoms with E-state index in [2.05, 4.69) is 10.6 Å². The van der Waals surface area contributed by atoms with Crippen LogP contribution in [0, 0.1) is 5.92 Å². The van der Waals surface area contributed by atoms with Crippen molar-refractivity contribution < 1.29 is 9.59 Å². The average molecular weight is 324 g/mol. The molecule has 5 nitrogen and oxygen atoms in total. The summed E-state index contributed by atoms with van der Waals surface area (Å²) in [7, 11) is 0. The van der Waals surface area contributed by atoms with Crippen molar-refractivity contribution in [1.29, 1.82) is 0 Å². The van der Waals surface area contributed by atoms with Gasteiger partial charge >= 0.3 is 0 Å². The van der Waals surface area contributed by atoms with Crippen molar-refractivity contribution in [2.45, 2.75) is 44.8 Å². The second-order valence-corrected chi connectivity index (χ2v) is 6.01. The van der Waals surface area contributed by atoms with Crippen molar-refractivity contribution in [1.82, 2.24) is 10.6 Å². The number of rotatable bonds is 3. The zero-order chi connectivity index (χ0) is 14.8. The van der Waals surface area contributed by atoms with Crippen molar-refractivity contribution in [2.24, 2.45) is 11.7 Å². The van der Waals surface area contributed by atoms with E-state index in [-0.39, 0.29) is 36.2 Å². The lowest BCUT2D eigenvalue weighted by atomic mass is 9.85. The van der Waals surface area contributed by atoms with Crippen LogP contribution >= 0.6 is 12.4 Å². The van der Waals surface area contributed by atoms with Gasteiger partial charge in [-0.15, -0.1) is 12.4 Å². The van der Waals surface area contributed by atoms with E-state index in [4.69, 9.17) is 5.73 Å². The highest BCUT2D eigenvalue weighted by Crippen LogP contribution is 2.24. The van der Waals surface area contributed by atoms with Crippen molar-refractivity contribution >= 4 is 24.2 Å². The molecular formula is C16H22ClN3O2. The Hall–Kier alpha value is -1.59. The predicted octanol–water partition coefficient (Wildman–Crippen LogP) is 1.49. The van der Waals surface area contributed by atoms with Crippen molar-refractivity contribution in [2.75, 3.05) is 0 Å². The number of hydrogen-bond donors (Lipinski definition) is 3. The van der Waals surface area contributed by atoms with Gasteiger partial charge in [-0.2, -0.15) is 0 Å². The Morgan fingerprint density at radius 1 is 1.09 bits per heavy atom. The number of hydrogen-bond acceptors (Lipinski definition) is 3. The van der Waals surface area contributed by atoms with Crippen LogP contribution in [0.3, 0.4) is 0 Å². The molecule has 22 heavy (non-hydrogen) atoms. The number of benzene rings is 1. The molecule has 1 aromatic rings. The van der Waals surface area contributed by atoms with Gasteiger partial charge in [-0.05, 0) is 48.9 Å². The van der Waals surface area contributed by atoms with Gasteiger partial charge in [0.2, 0.25) is 5.91 Å². The summed E-state index contributed by atoms with van der Waals surface area (Å²) in [6, 6.07) is 6.03. The molecule has 6 heteroatoms. The van der Waals surface area contributed by atoms with E-state index >= 15 is 0 Å². The molecule has 1 aliphatic heterocycles. The molecule has 0 atom stereocenters. The quantitative estimate of drug-likeness (QED) is 0.788. The Labute approximate surface area is 136 Å². The maximum Gasteiger partial charge on any atom is 0.251 e. The van der Waals surface area contributed by atoms with Crippen LogP contribution in [0.4, 0.5) is 0 Å². The van der Waals surface area contributed by atoms with Gasteiger partial charge < -0.3 is 16.4 Å². The number of nitrogens with one attached hydrogen (secondary N) is 2. The first-order valence-electron chi connectivity index (χ1n) is 7.56. The third kappa shape index (κ3) is 3.59. The highest BCUT2D eigenvalue weighted by molar-refractivity contribution is 5.94. The van der Waals surface area contributed by atoms with E-state index in [1.54, 1.807) is 0 Å². The van der Waals surface area contributed by atoms with Crippen LogP contribution in [0.1, 0.15) is 47.2 Å². The first-order chi connectivity index (χ1) is 10.1. The lowest BCUT2D eigenvalue weighted by molar-refractivity contribution is -0.122. The van der Waals surface area contributed by atoms with Gasteiger partial charge in [0.25, 0.3) is 5.91 Å². The van der Waals surface area contributed by atoms with Gasteiger partial charge in [0.1, 0.15) is 0 Å². The Kier molecular flexibility index (Phi) is 5.42. The molecule has 2 aliphatic rings. The van der Waals surface area contributed by atoms with Gasteiger partial charge in [0.05, 0.1) is 0 Å². The number of primary amides is 1. The van der Waals surface area contributed by atoms with E-state index in [0.29, 0.717) is 0 Å². The second-order valence-electron chi connectivity index (χ2n) is 6.01. The molecule has 0 spiro atoms. The maximum absolute atomic E-state index is 12.3. The molecule has 3 rings (SSSR count). The average Bonchev–Trinajstić information content (AvgIpc) is 2.95. The SMILES string of the molecule is Cl.NC(=O)C1CCC(NC(=O)c2ccc3c(c2)CNC3)CC1. The van der Waals surface area contributed by atoms with Crippen LogP contribution in [0.15, 0.2) is 18.2 Å². The Balaban J connectivity index is 0.00000176. The summed E-state index contributed by atoms with van der Waals surface area (Å²) < 4.78 is 0. The van der Waals surface area contributed by atoms with E-state index < -0.39 is 0 Å². The number of nitrogens with two attached hydrogens (primary N) is 1. The van der Waals surface area contributed by atoms with E-state index in [9.17, 15) is 9.59 Å². The van der Waals surface area contributed by atoms with Crippen LogP contribution < -0.4 is 16.4 Å². The molecule has 1 aromatic carbocycles. The molecule has 1 saturated carbocycles. The van der Waals surface area contributed by atoms with Crippen LogP contribution in [0.2, 0.25) is 0 Å². The van der Waals surface area contributed by atoms with E-state index in [1.165, 1.54) is 11.1 Å². The minimum Gasteiger partial charge on any atom is -0.369 e. The largest absolute Gasteiger partial charge is 0.369 e. The summed E-state index contributed by atoms with van der Waals surface area (Å²) in [5.74, 6) is -0.262. The van der Waals surface area contributed by atoms with Crippen LogP contribution in [-0.4, -0.2) is 17.9 Å². The topological polar surface area (TPSA) is 84.2 Å². The van der Waals surface area contributed by atoms with Crippen molar-refractivity contribution in [3.8, 4) is 0 Å². The summed E-state index contributed by atoms with van der Waals surface area (Å²) in [6.07, 6.45) is 3.19. The fraction of sp³-hybridized carbons (Fsp3) is 0.500. The van der Waals surface area contributed by atoms with Crippen molar-refractivity contribution in [3.63, 3.8) is 0 Å². The smallest absolute Gasteiger partial charge is 0.251 e. The third-order valence-electron chi connectivity index (χ3n) is 4.56. The number of amides is 2. The number of halogens is 1. The Morgan fingerprint density at radius 2 is 1.77 bits per heavy atom. The molecule has 4 N–H and O–H groups in total. The van der Waals surface area contributed by atoms with E-state index in [1.807, 2.05) is 18.2 Å². The van der Waals surface area contributed by atoms with Gasteiger partial charge in [-0.3, -0.25) is 9.59 Å². The summed E-state index contributed by atoms with van der Waals surface area (Å²) in [4.78, 5) is 23.4. The molecule has 120 valence electrons. The first-order valence-corrected chi connectivity index (χ1v) is 7.56. The van der Waals surface area contributed by atoms with Gasteiger partial charge in [0.15, 0.2) is 0 Å². The van der Waals surface area contributed by atoms with Gasteiger partial charge in [-0.1, -0.05) is 6.07 Å². The molecule has 1 fully saturated rings. The monoisotopic (exact) mass is 323 g/mol. The summed E-state index contributed by atoms with van der Waals surface area (Å²) >= 11 is 0. The molecular weight excluding hydrogens is 302 g/mol. The molecule has 1 heterocycles. The minimum absolute atomic E-state index is 0. The molecule has 1 aliphatic carbocycles. The maximum atomic E-state index is 12.3. The molecule has 0 aromatic heterocycles. The summed E-state index contributed by atoms with van der Waals surface area (Å²) in [6.45, 7) is 1.72. The van der Waals surface area contributed by atoms with Crippen LogP contribution in [0.25, 0.3) is 0 Å². The zero-order valence-corrected chi connectivity index (χ0v) is 13.2. The summed E-state index contributed by atoms with van der Waals surface area (Å²) in [5.41, 5.74) is 8.52. The number of carbonyl (C=O) groups excluding carboxylic acids is 2.